The average molecular weight is 445 g/mol. The van der Waals surface area contributed by atoms with Crippen LogP contribution >= 0.6 is 23.2 Å². The molecule has 28 heavy (non-hydrogen) atoms. The minimum absolute atomic E-state index is 0.190. The molecule has 0 aliphatic carbocycles. The maximum absolute atomic E-state index is 12.8. The normalized spacial score (nSPS) is 12.3. The lowest BCUT2D eigenvalue weighted by molar-refractivity contribution is -0.122. The standard InChI is InChI=1S/C19H22Cl2N2O4S/c1-4-17(19(24)22-12-13-7-5-6-8-15(13)20)23(28(3,25)26)14-9-10-18(27-2)16(21)11-14/h5-11,17H,4,12H2,1-3H3,(H,22,24)/t17-/m1/s1. The number of methoxy groups -OCH3 is 1. The van der Waals surface area contributed by atoms with E-state index in [0.717, 1.165) is 16.1 Å². The number of sulfonamides is 1. The van der Waals surface area contributed by atoms with E-state index in [2.05, 4.69) is 5.32 Å². The first-order valence-electron chi connectivity index (χ1n) is 8.53. The summed E-state index contributed by atoms with van der Waals surface area (Å²) in [5, 5.41) is 3.54. The smallest absolute Gasteiger partial charge is 0.244 e. The molecule has 6 nitrogen and oxygen atoms in total. The summed E-state index contributed by atoms with van der Waals surface area (Å²) in [5.41, 5.74) is 1.03. The predicted octanol–water partition coefficient (Wildman–Crippen LogP) is 3.86. The molecule has 2 aromatic carbocycles. The van der Waals surface area contributed by atoms with E-state index in [0.29, 0.717) is 10.8 Å². The molecule has 0 aliphatic heterocycles. The first kappa shape index (κ1) is 22.3. The fourth-order valence-electron chi connectivity index (χ4n) is 2.79. The van der Waals surface area contributed by atoms with Gasteiger partial charge in [0.25, 0.3) is 0 Å². The van der Waals surface area contributed by atoms with Crippen LogP contribution in [0.5, 0.6) is 5.75 Å². The van der Waals surface area contributed by atoms with Gasteiger partial charge in [-0.2, -0.15) is 0 Å². The Kier molecular flexibility index (Phi) is 7.57. The van der Waals surface area contributed by atoms with Crippen LogP contribution in [0.4, 0.5) is 5.69 Å². The lowest BCUT2D eigenvalue weighted by atomic mass is 10.1. The minimum atomic E-state index is -3.75. The Morgan fingerprint density at radius 3 is 2.39 bits per heavy atom. The molecule has 152 valence electrons. The molecule has 0 saturated heterocycles. The maximum Gasteiger partial charge on any atom is 0.244 e. The second kappa shape index (κ2) is 9.49. The van der Waals surface area contributed by atoms with Crippen molar-refractivity contribution < 1.29 is 17.9 Å². The number of anilines is 1. The summed E-state index contributed by atoms with van der Waals surface area (Å²) in [6.45, 7) is 1.93. The number of carbonyl (C=O) groups excluding carboxylic acids is 1. The summed E-state index contributed by atoms with van der Waals surface area (Å²) in [6.07, 6.45) is 1.32. The van der Waals surface area contributed by atoms with Gasteiger partial charge in [0, 0.05) is 11.6 Å². The van der Waals surface area contributed by atoms with E-state index in [-0.39, 0.29) is 23.7 Å². The zero-order valence-electron chi connectivity index (χ0n) is 15.8. The molecule has 1 amide bonds. The molecule has 1 atom stereocenters. The number of hydrogen-bond acceptors (Lipinski definition) is 4. The van der Waals surface area contributed by atoms with Crippen LogP contribution in [0.25, 0.3) is 0 Å². The van der Waals surface area contributed by atoms with Crippen LogP contribution in [0.2, 0.25) is 10.0 Å². The molecule has 0 aromatic heterocycles. The van der Waals surface area contributed by atoms with Gasteiger partial charge in [-0.1, -0.05) is 48.3 Å². The molecule has 0 saturated carbocycles. The van der Waals surface area contributed by atoms with E-state index >= 15 is 0 Å². The highest BCUT2D eigenvalue weighted by Gasteiger charge is 2.31. The highest BCUT2D eigenvalue weighted by Crippen LogP contribution is 2.31. The van der Waals surface area contributed by atoms with Crippen LogP contribution < -0.4 is 14.4 Å². The first-order valence-corrected chi connectivity index (χ1v) is 11.1. The first-order chi connectivity index (χ1) is 13.2. The number of nitrogens with one attached hydrogen (secondary N) is 1. The third kappa shape index (κ3) is 5.31. The number of hydrogen-bond donors (Lipinski definition) is 1. The molecule has 0 aliphatic rings. The molecule has 9 heteroatoms. The molecule has 1 N–H and O–H groups in total. The molecule has 2 aromatic rings. The van der Waals surface area contributed by atoms with Crippen molar-refractivity contribution in [2.45, 2.75) is 25.9 Å². The molecule has 0 fully saturated rings. The van der Waals surface area contributed by atoms with Crippen LogP contribution in [0.15, 0.2) is 42.5 Å². The van der Waals surface area contributed by atoms with Crippen molar-refractivity contribution in [3.05, 3.63) is 58.1 Å². The van der Waals surface area contributed by atoms with Gasteiger partial charge in [0.1, 0.15) is 11.8 Å². The largest absolute Gasteiger partial charge is 0.495 e. The van der Waals surface area contributed by atoms with E-state index in [1.165, 1.54) is 13.2 Å². The monoisotopic (exact) mass is 444 g/mol. The Bertz CT molecular complexity index is 951. The number of benzene rings is 2. The molecule has 0 heterocycles. The quantitative estimate of drug-likeness (QED) is 0.670. The Balaban J connectivity index is 2.31. The Hall–Kier alpha value is -1.96. The van der Waals surface area contributed by atoms with E-state index < -0.39 is 22.0 Å². The predicted molar refractivity (Wildman–Crippen MR) is 113 cm³/mol. The Morgan fingerprint density at radius 1 is 1.18 bits per heavy atom. The van der Waals surface area contributed by atoms with Crippen molar-refractivity contribution in [3.63, 3.8) is 0 Å². The minimum Gasteiger partial charge on any atom is -0.495 e. The molecule has 0 unspecified atom stereocenters. The third-order valence-electron chi connectivity index (χ3n) is 4.13. The molecular formula is C19H22Cl2N2O4S. The number of ether oxygens (including phenoxy) is 1. The lowest BCUT2D eigenvalue weighted by Gasteiger charge is -2.30. The molecular weight excluding hydrogens is 423 g/mol. The Morgan fingerprint density at radius 2 is 1.86 bits per heavy atom. The molecule has 2 rings (SSSR count). The molecule has 0 radical (unpaired) electrons. The van der Waals surface area contributed by atoms with Crippen LogP contribution in [0, 0.1) is 0 Å². The summed E-state index contributed by atoms with van der Waals surface area (Å²) >= 11 is 12.3. The van der Waals surface area contributed by atoms with Gasteiger partial charge in [-0.05, 0) is 36.2 Å². The number of carbonyl (C=O) groups is 1. The topological polar surface area (TPSA) is 75.7 Å². The number of rotatable bonds is 8. The molecule has 0 spiro atoms. The number of halogens is 2. The zero-order valence-corrected chi connectivity index (χ0v) is 18.1. The summed E-state index contributed by atoms with van der Waals surface area (Å²) in [7, 11) is -2.29. The van der Waals surface area contributed by atoms with Crippen molar-refractivity contribution in [3.8, 4) is 5.75 Å². The van der Waals surface area contributed by atoms with E-state index in [1.807, 2.05) is 6.07 Å². The zero-order chi connectivity index (χ0) is 20.9. The summed E-state index contributed by atoms with van der Waals surface area (Å²) in [6, 6.07) is 10.8. The van der Waals surface area contributed by atoms with Gasteiger partial charge in [-0.25, -0.2) is 8.42 Å². The van der Waals surface area contributed by atoms with Crippen LogP contribution in [0.1, 0.15) is 18.9 Å². The van der Waals surface area contributed by atoms with Gasteiger partial charge < -0.3 is 10.1 Å². The fourth-order valence-corrected chi connectivity index (χ4v) is 4.45. The van der Waals surface area contributed by atoms with Crippen LogP contribution in [-0.4, -0.2) is 33.7 Å². The summed E-state index contributed by atoms with van der Waals surface area (Å²) in [5.74, 6) is -0.0186. The number of nitrogens with zero attached hydrogens (tertiary/aromatic N) is 1. The van der Waals surface area contributed by atoms with Gasteiger partial charge in [-0.3, -0.25) is 9.10 Å². The Labute approximate surface area is 175 Å². The van der Waals surface area contributed by atoms with Gasteiger partial charge in [-0.15, -0.1) is 0 Å². The second-order valence-corrected chi connectivity index (χ2v) is 8.78. The van der Waals surface area contributed by atoms with E-state index in [4.69, 9.17) is 27.9 Å². The van der Waals surface area contributed by atoms with Crippen molar-refractivity contribution in [1.82, 2.24) is 5.32 Å². The average Bonchev–Trinajstić information content (AvgIpc) is 2.64. The van der Waals surface area contributed by atoms with Crippen molar-refractivity contribution in [2.24, 2.45) is 0 Å². The SMILES string of the molecule is CC[C@H](C(=O)NCc1ccccc1Cl)N(c1ccc(OC)c(Cl)c1)S(C)(=O)=O. The van der Waals surface area contributed by atoms with E-state index in [9.17, 15) is 13.2 Å². The van der Waals surface area contributed by atoms with Crippen LogP contribution in [-0.2, 0) is 21.4 Å². The highest BCUT2D eigenvalue weighted by molar-refractivity contribution is 7.92. The second-order valence-electron chi connectivity index (χ2n) is 6.11. The van der Waals surface area contributed by atoms with Gasteiger partial charge >= 0.3 is 0 Å². The highest BCUT2D eigenvalue weighted by atomic mass is 35.5. The van der Waals surface area contributed by atoms with Crippen molar-refractivity contribution in [1.29, 1.82) is 0 Å². The summed E-state index contributed by atoms with van der Waals surface area (Å²) in [4.78, 5) is 12.8. The lowest BCUT2D eigenvalue weighted by Crippen LogP contribution is -2.49. The van der Waals surface area contributed by atoms with Gasteiger partial charge in [0.2, 0.25) is 15.9 Å². The maximum atomic E-state index is 12.8. The fraction of sp³-hybridized carbons (Fsp3) is 0.316. The van der Waals surface area contributed by atoms with Gasteiger partial charge in [0.15, 0.2) is 0 Å². The van der Waals surface area contributed by atoms with Crippen molar-refractivity contribution in [2.75, 3.05) is 17.7 Å². The van der Waals surface area contributed by atoms with Crippen molar-refractivity contribution >= 4 is 44.8 Å². The van der Waals surface area contributed by atoms with E-state index in [1.54, 1.807) is 37.3 Å². The third-order valence-corrected chi connectivity index (χ3v) is 5.97. The number of amides is 1. The van der Waals surface area contributed by atoms with Crippen LogP contribution in [0.3, 0.4) is 0 Å². The van der Waals surface area contributed by atoms with Gasteiger partial charge in [0.05, 0.1) is 24.1 Å². The summed E-state index contributed by atoms with van der Waals surface area (Å²) < 4.78 is 31.1. The molecule has 0 bridgehead atoms.